The molecule has 1 aliphatic heterocycles. The van der Waals surface area contributed by atoms with E-state index in [-0.39, 0.29) is 12.0 Å². The monoisotopic (exact) mass is 307 g/mol. The van der Waals surface area contributed by atoms with Crippen LogP contribution in [0.5, 0.6) is 0 Å². The minimum absolute atomic E-state index is 0.172. The van der Waals surface area contributed by atoms with Crippen molar-refractivity contribution in [3.05, 3.63) is 34.9 Å². The van der Waals surface area contributed by atoms with Crippen LogP contribution in [0.3, 0.4) is 0 Å². The fraction of sp³-hybridized carbons (Fsp3) is 0.588. The number of rotatable bonds is 3. The number of halogens is 1. The van der Waals surface area contributed by atoms with Gasteiger partial charge >= 0.3 is 0 Å². The minimum Gasteiger partial charge on any atom is -0.381 e. The van der Waals surface area contributed by atoms with E-state index in [2.05, 4.69) is 19.1 Å². The summed E-state index contributed by atoms with van der Waals surface area (Å²) in [6.45, 7) is 3.92. The summed E-state index contributed by atoms with van der Waals surface area (Å²) in [6.07, 6.45) is 2.04. The third-order valence-corrected chi connectivity index (χ3v) is 5.25. The normalized spacial score (nSPS) is 32.0. The van der Waals surface area contributed by atoms with E-state index >= 15 is 0 Å². The van der Waals surface area contributed by atoms with Crippen LogP contribution in [0.2, 0.25) is 5.02 Å². The van der Waals surface area contributed by atoms with Gasteiger partial charge in [-0.05, 0) is 36.5 Å². The van der Waals surface area contributed by atoms with Crippen molar-refractivity contribution in [3.8, 4) is 0 Å². The molecule has 0 bridgehead atoms. The fourth-order valence-corrected chi connectivity index (χ4v) is 3.63. The summed E-state index contributed by atoms with van der Waals surface area (Å²) in [5, 5.41) is 0.761. The first-order valence-corrected chi connectivity index (χ1v) is 8.03. The standard InChI is InChI=1S/C17H22ClNO2/c1-11-9-19(17(20)13-7-15(8-13)21-2)10-16(11)12-3-5-14(18)6-4-12/h3-6,11,13,15-16H,7-10H2,1-2H3/t11-,13?,15?,16-/m1/s1. The second-order valence-corrected chi connectivity index (χ2v) is 6.84. The van der Waals surface area contributed by atoms with Crippen molar-refractivity contribution in [1.82, 2.24) is 4.90 Å². The molecule has 3 nitrogen and oxygen atoms in total. The number of benzene rings is 1. The lowest BCUT2D eigenvalue weighted by molar-refractivity contribution is -0.142. The first kappa shape index (κ1) is 14.9. The maximum absolute atomic E-state index is 12.5. The summed E-state index contributed by atoms with van der Waals surface area (Å²) in [4.78, 5) is 14.6. The molecule has 0 spiro atoms. The van der Waals surface area contributed by atoms with E-state index in [0.717, 1.165) is 31.0 Å². The van der Waals surface area contributed by atoms with Crippen molar-refractivity contribution in [2.45, 2.75) is 31.8 Å². The van der Waals surface area contributed by atoms with Crippen LogP contribution in [0, 0.1) is 11.8 Å². The SMILES string of the molecule is COC1CC(C(=O)N2C[C@@H](C)[C@H](c3ccc(Cl)cc3)C2)C1. The molecule has 1 saturated heterocycles. The van der Waals surface area contributed by atoms with Gasteiger partial charge in [0.2, 0.25) is 5.91 Å². The van der Waals surface area contributed by atoms with Gasteiger partial charge in [-0.15, -0.1) is 0 Å². The van der Waals surface area contributed by atoms with Crippen molar-refractivity contribution < 1.29 is 9.53 Å². The lowest BCUT2D eigenvalue weighted by Gasteiger charge is -2.35. The van der Waals surface area contributed by atoms with Gasteiger partial charge in [0.05, 0.1) is 6.10 Å². The molecule has 0 radical (unpaired) electrons. The number of nitrogens with zero attached hydrogens (tertiary/aromatic N) is 1. The lowest BCUT2D eigenvalue weighted by Crippen LogP contribution is -2.43. The van der Waals surface area contributed by atoms with Gasteiger partial charge in [0, 0.05) is 37.1 Å². The van der Waals surface area contributed by atoms with E-state index in [4.69, 9.17) is 16.3 Å². The van der Waals surface area contributed by atoms with E-state index in [1.807, 2.05) is 17.0 Å². The van der Waals surface area contributed by atoms with Crippen molar-refractivity contribution in [2.24, 2.45) is 11.8 Å². The first-order chi connectivity index (χ1) is 10.1. The Bertz CT molecular complexity index is 510. The van der Waals surface area contributed by atoms with Crippen LogP contribution in [0.1, 0.15) is 31.2 Å². The Morgan fingerprint density at radius 3 is 2.52 bits per heavy atom. The molecule has 1 saturated carbocycles. The molecule has 3 rings (SSSR count). The van der Waals surface area contributed by atoms with Gasteiger partial charge in [-0.3, -0.25) is 4.79 Å². The average molecular weight is 308 g/mol. The maximum atomic E-state index is 12.5. The van der Waals surface area contributed by atoms with Gasteiger partial charge in [-0.25, -0.2) is 0 Å². The molecule has 1 amide bonds. The quantitative estimate of drug-likeness (QED) is 0.857. The second kappa shape index (κ2) is 5.98. The number of ether oxygens (including phenoxy) is 1. The molecule has 0 unspecified atom stereocenters. The van der Waals surface area contributed by atoms with E-state index < -0.39 is 0 Å². The molecular formula is C17H22ClNO2. The Morgan fingerprint density at radius 2 is 1.90 bits per heavy atom. The molecule has 114 valence electrons. The van der Waals surface area contributed by atoms with Gasteiger partial charge in [0.15, 0.2) is 0 Å². The maximum Gasteiger partial charge on any atom is 0.225 e. The van der Waals surface area contributed by atoms with Crippen LogP contribution >= 0.6 is 11.6 Å². The summed E-state index contributed by atoms with van der Waals surface area (Å²) < 4.78 is 5.27. The van der Waals surface area contributed by atoms with E-state index in [0.29, 0.717) is 17.7 Å². The predicted molar refractivity (Wildman–Crippen MR) is 83.5 cm³/mol. The fourth-order valence-electron chi connectivity index (χ4n) is 3.51. The molecule has 1 aromatic carbocycles. The number of carbonyl (C=O) groups excluding carboxylic acids is 1. The zero-order valence-corrected chi connectivity index (χ0v) is 13.3. The minimum atomic E-state index is 0.172. The number of likely N-dealkylation sites (tertiary alicyclic amines) is 1. The third kappa shape index (κ3) is 2.95. The molecule has 1 aromatic rings. The number of amides is 1. The molecular weight excluding hydrogens is 286 g/mol. The van der Waals surface area contributed by atoms with E-state index in [1.54, 1.807) is 7.11 Å². The zero-order valence-electron chi connectivity index (χ0n) is 12.6. The molecule has 1 aliphatic carbocycles. The molecule has 1 heterocycles. The van der Waals surface area contributed by atoms with Crippen LogP contribution in [-0.2, 0) is 9.53 Å². The summed E-state index contributed by atoms with van der Waals surface area (Å²) in [5.41, 5.74) is 1.28. The Balaban J connectivity index is 1.63. The predicted octanol–water partition coefficient (Wildman–Crippen LogP) is 3.33. The van der Waals surface area contributed by atoms with Crippen LogP contribution < -0.4 is 0 Å². The molecule has 0 aromatic heterocycles. The summed E-state index contributed by atoms with van der Waals surface area (Å²) in [6, 6.07) is 8.04. The summed E-state index contributed by atoms with van der Waals surface area (Å²) >= 11 is 5.95. The molecule has 2 aliphatic rings. The Kier molecular flexibility index (Phi) is 4.23. The van der Waals surface area contributed by atoms with E-state index in [9.17, 15) is 4.79 Å². The Morgan fingerprint density at radius 1 is 1.24 bits per heavy atom. The van der Waals surface area contributed by atoms with Gasteiger partial charge in [-0.1, -0.05) is 30.7 Å². The van der Waals surface area contributed by atoms with Gasteiger partial charge < -0.3 is 9.64 Å². The second-order valence-electron chi connectivity index (χ2n) is 6.40. The van der Waals surface area contributed by atoms with Crippen molar-refractivity contribution in [1.29, 1.82) is 0 Å². The van der Waals surface area contributed by atoms with Crippen LogP contribution in [-0.4, -0.2) is 37.1 Å². The molecule has 21 heavy (non-hydrogen) atoms. The Hall–Kier alpha value is -1.06. The van der Waals surface area contributed by atoms with Crippen LogP contribution in [0.4, 0.5) is 0 Å². The molecule has 2 fully saturated rings. The van der Waals surface area contributed by atoms with Crippen molar-refractivity contribution in [2.75, 3.05) is 20.2 Å². The van der Waals surface area contributed by atoms with Gasteiger partial charge in [-0.2, -0.15) is 0 Å². The lowest BCUT2D eigenvalue weighted by atomic mass is 9.81. The smallest absolute Gasteiger partial charge is 0.225 e. The number of methoxy groups -OCH3 is 1. The summed E-state index contributed by atoms with van der Waals surface area (Å²) in [7, 11) is 1.72. The topological polar surface area (TPSA) is 29.5 Å². The van der Waals surface area contributed by atoms with Gasteiger partial charge in [0.25, 0.3) is 0 Å². The highest BCUT2D eigenvalue weighted by atomic mass is 35.5. The number of hydrogen-bond donors (Lipinski definition) is 0. The highest BCUT2D eigenvalue weighted by Gasteiger charge is 2.41. The van der Waals surface area contributed by atoms with Crippen molar-refractivity contribution >= 4 is 17.5 Å². The highest BCUT2D eigenvalue weighted by Crippen LogP contribution is 2.37. The highest BCUT2D eigenvalue weighted by molar-refractivity contribution is 6.30. The number of hydrogen-bond acceptors (Lipinski definition) is 2. The van der Waals surface area contributed by atoms with E-state index in [1.165, 1.54) is 5.56 Å². The molecule has 2 atom stereocenters. The first-order valence-electron chi connectivity index (χ1n) is 7.65. The molecule has 0 N–H and O–H groups in total. The van der Waals surface area contributed by atoms with Crippen LogP contribution in [0.15, 0.2) is 24.3 Å². The number of carbonyl (C=O) groups is 1. The summed E-state index contributed by atoms with van der Waals surface area (Å²) in [5.74, 6) is 1.40. The largest absolute Gasteiger partial charge is 0.381 e. The van der Waals surface area contributed by atoms with Crippen LogP contribution in [0.25, 0.3) is 0 Å². The average Bonchev–Trinajstić information content (AvgIpc) is 2.80. The van der Waals surface area contributed by atoms with Crippen molar-refractivity contribution in [3.63, 3.8) is 0 Å². The van der Waals surface area contributed by atoms with Gasteiger partial charge in [0.1, 0.15) is 0 Å². The Labute approximate surface area is 131 Å². The molecule has 4 heteroatoms. The zero-order chi connectivity index (χ0) is 15.0. The third-order valence-electron chi connectivity index (χ3n) is 5.00.